The van der Waals surface area contributed by atoms with Gasteiger partial charge in [0.15, 0.2) is 0 Å². The summed E-state index contributed by atoms with van der Waals surface area (Å²) in [4.78, 5) is 9.95. The first-order valence-corrected chi connectivity index (χ1v) is 29.6. The predicted octanol–water partition coefficient (Wildman–Crippen LogP) is 20.8. The summed E-state index contributed by atoms with van der Waals surface area (Å²) in [6.07, 6.45) is 1.93. The maximum atomic E-state index is 6.95. The molecular weight excluding hydrogens is 1020 g/mol. The van der Waals surface area contributed by atoms with Crippen LogP contribution < -0.4 is 14.5 Å². The molecule has 12 aromatic rings. The molecule has 0 bridgehead atoms. The van der Waals surface area contributed by atoms with Gasteiger partial charge >= 0.3 is 0 Å². The number of benzene rings is 10. The third kappa shape index (κ3) is 8.79. The van der Waals surface area contributed by atoms with Crippen molar-refractivity contribution in [2.75, 3.05) is 16.5 Å². The van der Waals surface area contributed by atoms with Gasteiger partial charge in [0, 0.05) is 45.9 Å². The zero-order chi connectivity index (χ0) is 57.7. The molecule has 0 saturated carbocycles. The highest BCUT2D eigenvalue weighted by molar-refractivity contribution is 6.09. The van der Waals surface area contributed by atoms with E-state index in [9.17, 15) is 0 Å². The molecule has 84 heavy (non-hydrogen) atoms. The highest BCUT2D eigenvalue weighted by atomic mass is 16.5. The molecule has 412 valence electrons. The molecule has 0 N–H and O–H groups in total. The number of pyridine rings is 1. The largest absolute Gasteiger partial charge is 0.457 e. The Morgan fingerprint density at radius 1 is 0.393 bits per heavy atom. The van der Waals surface area contributed by atoms with Crippen molar-refractivity contribution in [1.29, 1.82) is 0 Å². The van der Waals surface area contributed by atoms with Crippen molar-refractivity contribution in [3.63, 3.8) is 0 Å². The van der Waals surface area contributed by atoms with E-state index in [-0.39, 0.29) is 16.2 Å². The van der Waals surface area contributed by atoms with E-state index in [0.717, 1.165) is 67.6 Å². The Bertz CT molecular complexity index is 4450. The topological polar surface area (TPSA) is 33.5 Å². The highest BCUT2D eigenvalue weighted by Crippen LogP contribution is 2.57. The summed E-state index contributed by atoms with van der Waals surface area (Å²) in [5.74, 6) is 2.40. The second-order valence-corrected chi connectivity index (χ2v) is 26.1. The molecule has 0 unspecified atom stereocenters. The lowest BCUT2D eigenvalue weighted by atomic mass is 9.67. The Balaban J connectivity index is 0.911. The van der Waals surface area contributed by atoms with Gasteiger partial charge in [0.1, 0.15) is 24.0 Å². The van der Waals surface area contributed by atoms with Crippen LogP contribution in [0.4, 0.5) is 22.7 Å². The third-order valence-corrected chi connectivity index (χ3v) is 17.6. The summed E-state index contributed by atoms with van der Waals surface area (Å²) in [6.45, 7) is 21.3. The molecule has 2 aromatic heterocycles. The van der Waals surface area contributed by atoms with E-state index in [1.807, 2.05) is 6.20 Å². The van der Waals surface area contributed by atoms with E-state index >= 15 is 0 Å². The van der Waals surface area contributed by atoms with Gasteiger partial charge in [0.25, 0.3) is 0 Å². The van der Waals surface area contributed by atoms with E-state index in [1.165, 1.54) is 66.6 Å². The van der Waals surface area contributed by atoms with Gasteiger partial charge in [-0.25, -0.2) is 4.98 Å². The fourth-order valence-corrected chi connectivity index (χ4v) is 13.3. The van der Waals surface area contributed by atoms with Crippen LogP contribution in [0.15, 0.2) is 249 Å². The van der Waals surface area contributed by atoms with Gasteiger partial charge in [0.2, 0.25) is 0 Å². The molecule has 10 aromatic carbocycles. The van der Waals surface area contributed by atoms with Crippen molar-refractivity contribution in [3.05, 3.63) is 288 Å². The average Bonchev–Trinajstić information content (AvgIpc) is 1.60. The molecule has 0 radical (unpaired) electrons. The zero-order valence-electron chi connectivity index (χ0n) is 49.6. The Labute approximate surface area is 495 Å². The first kappa shape index (κ1) is 52.6. The summed E-state index contributed by atoms with van der Waals surface area (Å²) in [7, 11) is 0. The van der Waals surface area contributed by atoms with Crippen molar-refractivity contribution in [2.24, 2.45) is 0 Å². The predicted molar refractivity (Wildman–Crippen MR) is 351 cm³/mol. The Morgan fingerprint density at radius 3 is 1.65 bits per heavy atom. The maximum Gasteiger partial charge on any atom is 0.137 e. The molecule has 0 atom stereocenters. The van der Waals surface area contributed by atoms with Crippen LogP contribution in [0.2, 0.25) is 0 Å². The monoisotopic (exact) mass is 1090 g/mol. The molecule has 5 nitrogen and oxygen atoms in total. The molecule has 2 aliphatic rings. The number of para-hydroxylation sites is 4. The van der Waals surface area contributed by atoms with E-state index < -0.39 is 5.41 Å². The SMILES string of the molecule is CC(C)(C)c1cc(-c2cccc(-c3cccc(C4(c5ccccc5)c5ccccc5-c5ccccc54)c3)c2N2CN(c3cccc(Oc4ccc5c6ccccc6n(-c6cc(C(C)(C)C)ccn6)c5c4)c3)c3ccccc32)cc(C(C)(C)C)c1. The molecule has 14 rings (SSSR count). The fraction of sp³-hybridized carbons (Fsp3) is 0.177. The van der Waals surface area contributed by atoms with Gasteiger partial charge in [0.05, 0.1) is 33.5 Å². The summed E-state index contributed by atoms with van der Waals surface area (Å²) in [6, 6.07) is 89.8. The first-order valence-electron chi connectivity index (χ1n) is 29.6. The number of ether oxygens (including phenoxy) is 1. The van der Waals surface area contributed by atoms with E-state index in [1.54, 1.807) is 0 Å². The highest BCUT2D eigenvalue weighted by Gasteiger charge is 2.46. The summed E-state index contributed by atoms with van der Waals surface area (Å²) in [5, 5.41) is 2.33. The van der Waals surface area contributed by atoms with Gasteiger partial charge in [-0.05, 0) is 138 Å². The molecule has 0 fully saturated rings. The minimum absolute atomic E-state index is 0.0299. The molecule has 1 aliphatic heterocycles. The van der Waals surface area contributed by atoms with Crippen LogP contribution in [-0.2, 0) is 21.7 Å². The van der Waals surface area contributed by atoms with Crippen LogP contribution in [0.1, 0.15) is 101 Å². The molecule has 0 saturated heterocycles. The van der Waals surface area contributed by atoms with Crippen molar-refractivity contribution in [3.8, 4) is 50.7 Å². The quantitative estimate of drug-likeness (QED) is 0.144. The minimum Gasteiger partial charge on any atom is -0.457 e. The van der Waals surface area contributed by atoms with Crippen LogP contribution >= 0.6 is 0 Å². The summed E-state index contributed by atoms with van der Waals surface area (Å²) in [5.41, 5.74) is 22.1. The Hall–Kier alpha value is -9.45. The van der Waals surface area contributed by atoms with E-state index in [2.05, 4.69) is 319 Å². The van der Waals surface area contributed by atoms with Gasteiger partial charge in [-0.2, -0.15) is 0 Å². The molecule has 1 aliphatic carbocycles. The number of nitrogens with zero attached hydrogens (tertiary/aromatic N) is 4. The molecule has 0 spiro atoms. The number of fused-ring (bicyclic) bond motifs is 7. The van der Waals surface area contributed by atoms with Crippen LogP contribution in [-0.4, -0.2) is 16.2 Å². The number of aromatic nitrogens is 2. The molecule has 0 amide bonds. The first-order chi connectivity index (χ1) is 40.5. The zero-order valence-corrected chi connectivity index (χ0v) is 49.6. The second kappa shape index (κ2) is 19.9. The fourth-order valence-electron chi connectivity index (χ4n) is 13.3. The van der Waals surface area contributed by atoms with Crippen LogP contribution in [0.5, 0.6) is 11.5 Å². The van der Waals surface area contributed by atoms with Crippen molar-refractivity contribution in [2.45, 2.75) is 84.0 Å². The Morgan fingerprint density at radius 2 is 0.952 bits per heavy atom. The van der Waals surface area contributed by atoms with Gasteiger partial charge in [-0.15, -0.1) is 0 Å². The molecular formula is C79H70N4O. The number of rotatable bonds is 9. The van der Waals surface area contributed by atoms with Crippen LogP contribution in [0, 0.1) is 0 Å². The third-order valence-electron chi connectivity index (χ3n) is 17.6. The molecule has 5 heteroatoms. The van der Waals surface area contributed by atoms with Crippen molar-refractivity contribution < 1.29 is 4.74 Å². The lowest BCUT2D eigenvalue weighted by molar-refractivity contribution is 0.483. The van der Waals surface area contributed by atoms with Crippen molar-refractivity contribution >= 4 is 44.6 Å². The summed E-state index contributed by atoms with van der Waals surface area (Å²) >= 11 is 0. The lowest BCUT2D eigenvalue weighted by Crippen LogP contribution is -2.28. The van der Waals surface area contributed by atoms with Crippen LogP contribution in [0.25, 0.3) is 61.0 Å². The van der Waals surface area contributed by atoms with Crippen LogP contribution in [0.3, 0.4) is 0 Å². The smallest absolute Gasteiger partial charge is 0.137 e. The van der Waals surface area contributed by atoms with E-state index in [4.69, 9.17) is 9.72 Å². The Kier molecular flexibility index (Phi) is 12.5. The normalized spacial score (nSPS) is 13.8. The van der Waals surface area contributed by atoms with Gasteiger partial charge in [-0.1, -0.05) is 232 Å². The average molecular weight is 1090 g/mol. The molecule has 3 heterocycles. The minimum atomic E-state index is -0.547. The van der Waals surface area contributed by atoms with Gasteiger partial charge in [-0.3, -0.25) is 4.57 Å². The van der Waals surface area contributed by atoms with E-state index in [0.29, 0.717) is 6.67 Å². The number of hydrogen-bond acceptors (Lipinski definition) is 4. The summed E-state index contributed by atoms with van der Waals surface area (Å²) < 4.78 is 9.22. The maximum absolute atomic E-state index is 6.95. The second-order valence-electron chi connectivity index (χ2n) is 26.1. The van der Waals surface area contributed by atoms with Gasteiger partial charge < -0.3 is 14.5 Å². The number of hydrogen-bond donors (Lipinski definition) is 0. The lowest BCUT2D eigenvalue weighted by Gasteiger charge is -2.34. The van der Waals surface area contributed by atoms with Crippen molar-refractivity contribution in [1.82, 2.24) is 9.55 Å². The standard InChI is InChI=1S/C79H70N4O/c1-76(2,3)55-42-43-80-74(48-55)83-70-37-18-15-32-66(70)67-41-40-61(50-73(67)83)84-60-29-22-28-59(49-60)81-51-82(72-39-20-19-38-71(72)81)75-62(33-23-34-63(75)53-45-57(77(4,5)6)47-58(46-53)78(7,8)9)52-24-21-27-56(44-52)79(54-25-11-10-12-26-54)68-35-16-13-30-64(68)65-31-14-17-36-69(65)79/h10-50H,51H2,1-9H3. The number of anilines is 4.